The predicted molar refractivity (Wildman–Crippen MR) is 91.7 cm³/mol. The van der Waals surface area contributed by atoms with Crippen molar-refractivity contribution < 1.29 is 19.2 Å². The summed E-state index contributed by atoms with van der Waals surface area (Å²) in [5.74, 6) is -0.506. The van der Waals surface area contributed by atoms with Crippen molar-refractivity contribution in [2.24, 2.45) is 0 Å². The highest BCUT2D eigenvalue weighted by Crippen LogP contribution is 2.41. The van der Waals surface area contributed by atoms with Crippen LogP contribution in [-0.2, 0) is 4.79 Å². The molecule has 1 fully saturated rings. The van der Waals surface area contributed by atoms with E-state index in [9.17, 15) is 9.59 Å². The lowest BCUT2D eigenvalue weighted by Gasteiger charge is -2.18. The smallest absolute Gasteiger partial charge is 0.303 e. The number of carboxylic acid groups (broad SMARTS) is 1. The van der Waals surface area contributed by atoms with Gasteiger partial charge in [-0.25, -0.2) is 4.98 Å². The molecule has 0 atom stereocenters. The Bertz CT molecular complexity index is 808. The summed E-state index contributed by atoms with van der Waals surface area (Å²) in [6.07, 6.45) is 2.61. The van der Waals surface area contributed by atoms with E-state index in [0.717, 1.165) is 24.2 Å². The summed E-state index contributed by atoms with van der Waals surface area (Å²) in [6.45, 7) is 4.38. The molecule has 0 bridgehead atoms. The lowest BCUT2D eigenvalue weighted by molar-refractivity contribution is -0.137. The molecule has 2 aromatic rings. The molecular formula is C18H23N3O4. The number of pyridine rings is 1. The van der Waals surface area contributed by atoms with Crippen LogP contribution >= 0.6 is 0 Å². The second kappa shape index (κ2) is 6.82. The SMILES string of the molecule is CC(C)c1noc2nc(C3CC3)cc(C(=O)N(C)CCCC(=O)O)c12. The standard InChI is InChI=1S/C18H23N3O4/c1-10(2)16-15-12(18(24)21(3)8-4-5-14(22)23)9-13(11-6-7-11)19-17(15)25-20-16/h9-11H,4-8H2,1-3H3,(H,22,23). The monoisotopic (exact) mass is 345 g/mol. The third-order valence-corrected chi connectivity index (χ3v) is 4.50. The van der Waals surface area contributed by atoms with E-state index in [1.165, 1.54) is 0 Å². The van der Waals surface area contributed by atoms with Crippen LogP contribution in [0.4, 0.5) is 0 Å². The van der Waals surface area contributed by atoms with Crippen LogP contribution in [-0.4, -0.2) is 45.6 Å². The van der Waals surface area contributed by atoms with E-state index in [1.807, 2.05) is 19.9 Å². The molecule has 2 aromatic heterocycles. The first kappa shape index (κ1) is 17.4. The third-order valence-electron chi connectivity index (χ3n) is 4.50. The maximum absolute atomic E-state index is 13.0. The summed E-state index contributed by atoms with van der Waals surface area (Å²) in [5, 5.41) is 13.6. The summed E-state index contributed by atoms with van der Waals surface area (Å²) in [4.78, 5) is 29.8. The Kier molecular flexibility index (Phi) is 4.74. The Hall–Kier alpha value is -2.44. The molecule has 7 nitrogen and oxygen atoms in total. The normalized spacial score (nSPS) is 14.2. The Morgan fingerprint density at radius 3 is 2.72 bits per heavy atom. The molecule has 1 N–H and O–H groups in total. The summed E-state index contributed by atoms with van der Waals surface area (Å²) in [7, 11) is 1.69. The number of carboxylic acids is 1. The topological polar surface area (TPSA) is 96.5 Å². The maximum Gasteiger partial charge on any atom is 0.303 e. The van der Waals surface area contributed by atoms with E-state index in [-0.39, 0.29) is 18.2 Å². The molecule has 0 unspecified atom stereocenters. The van der Waals surface area contributed by atoms with Gasteiger partial charge in [0.2, 0.25) is 0 Å². The first-order valence-electron chi connectivity index (χ1n) is 8.66. The molecule has 134 valence electrons. The molecule has 25 heavy (non-hydrogen) atoms. The molecule has 0 aliphatic heterocycles. The van der Waals surface area contributed by atoms with Crippen molar-refractivity contribution >= 4 is 23.0 Å². The van der Waals surface area contributed by atoms with Crippen LogP contribution in [0.15, 0.2) is 10.6 Å². The number of aromatic nitrogens is 2. The summed E-state index contributed by atoms with van der Waals surface area (Å²) >= 11 is 0. The molecule has 3 rings (SSSR count). The average Bonchev–Trinajstić information content (AvgIpc) is 3.31. The Morgan fingerprint density at radius 2 is 2.12 bits per heavy atom. The minimum atomic E-state index is -0.857. The minimum absolute atomic E-state index is 0.0429. The summed E-state index contributed by atoms with van der Waals surface area (Å²) < 4.78 is 5.40. The Balaban J connectivity index is 1.95. The van der Waals surface area contributed by atoms with E-state index >= 15 is 0 Å². The molecule has 7 heteroatoms. The third kappa shape index (κ3) is 3.65. The highest BCUT2D eigenvalue weighted by molar-refractivity contribution is 6.06. The van der Waals surface area contributed by atoms with Gasteiger partial charge in [0.25, 0.3) is 11.6 Å². The lowest BCUT2D eigenvalue weighted by Crippen LogP contribution is -2.28. The molecule has 2 heterocycles. The molecule has 0 spiro atoms. The second-order valence-electron chi connectivity index (χ2n) is 7.00. The Morgan fingerprint density at radius 1 is 1.40 bits per heavy atom. The van der Waals surface area contributed by atoms with Crippen molar-refractivity contribution in [3.8, 4) is 0 Å². The van der Waals surface area contributed by atoms with E-state index < -0.39 is 5.97 Å². The highest BCUT2D eigenvalue weighted by Gasteiger charge is 2.30. The zero-order valence-corrected chi connectivity index (χ0v) is 14.8. The van der Waals surface area contributed by atoms with Gasteiger partial charge in [-0.2, -0.15) is 0 Å². The molecular weight excluding hydrogens is 322 g/mol. The number of carbonyl (C=O) groups excluding carboxylic acids is 1. The van der Waals surface area contributed by atoms with Gasteiger partial charge in [0.1, 0.15) is 0 Å². The minimum Gasteiger partial charge on any atom is -0.481 e. The first-order valence-corrected chi connectivity index (χ1v) is 8.66. The second-order valence-corrected chi connectivity index (χ2v) is 7.00. The van der Waals surface area contributed by atoms with Crippen LogP contribution in [0.25, 0.3) is 11.1 Å². The quantitative estimate of drug-likeness (QED) is 0.828. The van der Waals surface area contributed by atoms with Gasteiger partial charge < -0.3 is 14.5 Å². The number of carbonyl (C=O) groups is 2. The molecule has 1 aliphatic rings. The number of nitrogens with zero attached hydrogens (tertiary/aromatic N) is 3. The molecule has 0 aromatic carbocycles. The van der Waals surface area contributed by atoms with Crippen LogP contribution < -0.4 is 0 Å². The van der Waals surface area contributed by atoms with Crippen LogP contribution in [0.3, 0.4) is 0 Å². The fourth-order valence-corrected chi connectivity index (χ4v) is 2.92. The van der Waals surface area contributed by atoms with E-state index in [1.54, 1.807) is 11.9 Å². The van der Waals surface area contributed by atoms with Gasteiger partial charge in [-0.05, 0) is 31.2 Å². The molecule has 1 saturated carbocycles. The van der Waals surface area contributed by atoms with Crippen molar-refractivity contribution in [2.75, 3.05) is 13.6 Å². The molecule has 0 radical (unpaired) electrons. The molecule has 1 aliphatic carbocycles. The van der Waals surface area contributed by atoms with Crippen molar-refractivity contribution in [3.05, 3.63) is 23.0 Å². The van der Waals surface area contributed by atoms with E-state index in [4.69, 9.17) is 9.63 Å². The van der Waals surface area contributed by atoms with Gasteiger partial charge in [0, 0.05) is 31.6 Å². The zero-order valence-electron chi connectivity index (χ0n) is 14.8. The fourth-order valence-electron chi connectivity index (χ4n) is 2.92. The molecule has 1 amide bonds. The number of fused-ring (bicyclic) bond motifs is 1. The molecule has 0 saturated heterocycles. The first-order chi connectivity index (χ1) is 11.9. The Labute approximate surface area is 146 Å². The van der Waals surface area contributed by atoms with Gasteiger partial charge in [-0.15, -0.1) is 0 Å². The number of rotatable bonds is 7. The van der Waals surface area contributed by atoms with Gasteiger partial charge in [-0.3, -0.25) is 9.59 Å². The van der Waals surface area contributed by atoms with Gasteiger partial charge in [0.15, 0.2) is 0 Å². The van der Waals surface area contributed by atoms with Crippen LogP contribution in [0.5, 0.6) is 0 Å². The van der Waals surface area contributed by atoms with Crippen molar-refractivity contribution in [2.45, 2.75) is 51.4 Å². The van der Waals surface area contributed by atoms with E-state index in [0.29, 0.717) is 35.5 Å². The highest BCUT2D eigenvalue weighted by atomic mass is 16.5. The van der Waals surface area contributed by atoms with Gasteiger partial charge in [0.05, 0.1) is 16.6 Å². The van der Waals surface area contributed by atoms with Gasteiger partial charge in [-0.1, -0.05) is 19.0 Å². The van der Waals surface area contributed by atoms with Crippen molar-refractivity contribution in [1.29, 1.82) is 0 Å². The number of hydrogen-bond acceptors (Lipinski definition) is 5. The van der Waals surface area contributed by atoms with Crippen molar-refractivity contribution in [1.82, 2.24) is 15.0 Å². The number of hydrogen-bond donors (Lipinski definition) is 1. The number of aliphatic carboxylic acids is 1. The fraction of sp³-hybridized carbons (Fsp3) is 0.556. The lowest BCUT2D eigenvalue weighted by atomic mass is 10.0. The largest absolute Gasteiger partial charge is 0.481 e. The number of amides is 1. The van der Waals surface area contributed by atoms with Crippen LogP contribution in [0, 0.1) is 0 Å². The maximum atomic E-state index is 13.0. The van der Waals surface area contributed by atoms with Crippen LogP contribution in [0.2, 0.25) is 0 Å². The zero-order chi connectivity index (χ0) is 18.1. The average molecular weight is 345 g/mol. The van der Waals surface area contributed by atoms with Crippen molar-refractivity contribution in [3.63, 3.8) is 0 Å². The summed E-state index contributed by atoms with van der Waals surface area (Å²) in [6, 6.07) is 1.86. The van der Waals surface area contributed by atoms with E-state index in [2.05, 4.69) is 10.1 Å². The predicted octanol–water partition coefficient (Wildman–Crippen LogP) is 3.16. The summed E-state index contributed by atoms with van der Waals surface area (Å²) in [5.41, 5.74) is 2.57. The van der Waals surface area contributed by atoms with Gasteiger partial charge >= 0.3 is 5.97 Å². The van der Waals surface area contributed by atoms with Crippen LogP contribution in [0.1, 0.15) is 73.1 Å².